The highest BCUT2D eigenvalue weighted by Gasteiger charge is 2.42. The first-order valence-corrected chi connectivity index (χ1v) is 9.89. The van der Waals surface area contributed by atoms with Crippen molar-refractivity contribution in [1.82, 2.24) is 10.2 Å². The molecule has 2 fully saturated rings. The molecule has 1 aliphatic carbocycles. The van der Waals surface area contributed by atoms with Crippen LogP contribution in [0, 0.1) is 5.41 Å². The van der Waals surface area contributed by atoms with Crippen molar-refractivity contribution in [2.45, 2.75) is 57.9 Å². The molecule has 0 aromatic heterocycles. The maximum Gasteiger partial charge on any atom is 0.226 e. The highest BCUT2D eigenvalue weighted by atomic mass is 16.5. The van der Waals surface area contributed by atoms with E-state index in [4.69, 9.17) is 4.74 Å². The molecule has 2 aliphatic heterocycles. The van der Waals surface area contributed by atoms with E-state index in [0.717, 1.165) is 57.6 Å². The summed E-state index contributed by atoms with van der Waals surface area (Å²) in [6.07, 6.45) is 9.17. The van der Waals surface area contributed by atoms with Gasteiger partial charge in [-0.2, -0.15) is 0 Å². The number of rotatable bonds is 3. The molecule has 1 N–H and O–H groups in total. The maximum absolute atomic E-state index is 12.3. The molecule has 1 aromatic carbocycles. The van der Waals surface area contributed by atoms with Crippen LogP contribution in [-0.4, -0.2) is 37.6 Å². The molecule has 2 saturated heterocycles. The first kappa shape index (κ1) is 16.9. The summed E-state index contributed by atoms with van der Waals surface area (Å²) in [5.41, 5.74) is 4.21. The zero-order valence-corrected chi connectivity index (χ0v) is 15.4. The fourth-order valence-electron chi connectivity index (χ4n) is 4.91. The molecule has 2 heterocycles. The highest BCUT2D eigenvalue weighted by molar-refractivity contribution is 5.83. The Morgan fingerprint density at radius 3 is 2.48 bits per heavy atom. The lowest BCUT2D eigenvalue weighted by Gasteiger charge is -2.43. The minimum atomic E-state index is -0.0886. The number of hydrogen-bond donors (Lipinski definition) is 1. The summed E-state index contributed by atoms with van der Waals surface area (Å²) in [5.74, 6) is 1.33. The molecule has 4 heteroatoms. The normalized spacial score (nSPS) is 23.2. The molecule has 0 unspecified atom stereocenters. The van der Waals surface area contributed by atoms with Crippen LogP contribution in [0.25, 0.3) is 0 Å². The summed E-state index contributed by atoms with van der Waals surface area (Å²) < 4.78 is 5.69. The average molecular weight is 342 g/mol. The smallest absolute Gasteiger partial charge is 0.226 e. The number of aryl methyl sites for hydroxylation is 2. The average Bonchev–Trinajstić information content (AvgIpc) is 2.65. The van der Waals surface area contributed by atoms with Crippen molar-refractivity contribution in [2.24, 2.45) is 5.41 Å². The lowest BCUT2D eigenvalue weighted by molar-refractivity contribution is -0.136. The number of carbonyl (C=O) groups excluding carboxylic acids is 1. The van der Waals surface area contributed by atoms with E-state index >= 15 is 0 Å². The Bertz CT molecular complexity index is 648. The molecule has 4 nitrogen and oxygen atoms in total. The van der Waals surface area contributed by atoms with Crippen molar-refractivity contribution in [2.75, 3.05) is 26.7 Å². The summed E-state index contributed by atoms with van der Waals surface area (Å²) in [5, 5.41) is 3.08. The van der Waals surface area contributed by atoms with E-state index < -0.39 is 0 Å². The molecular formula is C21H30N2O2. The quantitative estimate of drug-likeness (QED) is 0.918. The van der Waals surface area contributed by atoms with Crippen molar-refractivity contribution in [3.8, 4) is 5.75 Å². The number of amides is 1. The van der Waals surface area contributed by atoms with Gasteiger partial charge in [0.15, 0.2) is 0 Å². The SMILES string of the molecule is COc1cc2c(cc1CN1CCC3(CCCNC3=O)CC1)CCCC2. The van der Waals surface area contributed by atoms with Gasteiger partial charge in [-0.05, 0) is 81.6 Å². The molecule has 0 atom stereocenters. The highest BCUT2D eigenvalue weighted by Crippen LogP contribution is 2.39. The minimum Gasteiger partial charge on any atom is -0.496 e. The van der Waals surface area contributed by atoms with Crippen LogP contribution >= 0.6 is 0 Å². The molecule has 4 rings (SSSR count). The van der Waals surface area contributed by atoms with Crippen LogP contribution in [0.3, 0.4) is 0 Å². The number of likely N-dealkylation sites (tertiary alicyclic amines) is 1. The van der Waals surface area contributed by atoms with E-state index in [-0.39, 0.29) is 5.41 Å². The molecule has 0 bridgehead atoms. The van der Waals surface area contributed by atoms with Crippen LogP contribution in [0.5, 0.6) is 5.75 Å². The second-order valence-electron chi connectivity index (χ2n) is 8.06. The predicted molar refractivity (Wildman–Crippen MR) is 98.8 cm³/mol. The van der Waals surface area contributed by atoms with Crippen LogP contribution in [0.1, 0.15) is 55.2 Å². The Morgan fingerprint density at radius 2 is 1.80 bits per heavy atom. The van der Waals surface area contributed by atoms with Gasteiger partial charge >= 0.3 is 0 Å². The molecule has 1 spiro atoms. The van der Waals surface area contributed by atoms with E-state index in [1.165, 1.54) is 42.4 Å². The summed E-state index contributed by atoms with van der Waals surface area (Å²) in [7, 11) is 1.78. The third kappa shape index (κ3) is 3.29. The summed E-state index contributed by atoms with van der Waals surface area (Å²) in [6, 6.07) is 4.65. The van der Waals surface area contributed by atoms with Crippen molar-refractivity contribution < 1.29 is 9.53 Å². The van der Waals surface area contributed by atoms with E-state index in [1.807, 2.05) is 0 Å². The zero-order valence-electron chi connectivity index (χ0n) is 15.4. The van der Waals surface area contributed by atoms with Gasteiger partial charge in [0.1, 0.15) is 5.75 Å². The topological polar surface area (TPSA) is 41.6 Å². The number of piperidine rings is 2. The molecule has 3 aliphatic rings. The van der Waals surface area contributed by atoms with Gasteiger partial charge in [-0.25, -0.2) is 0 Å². The van der Waals surface area contributed by atoms with Crippen molar-refractivity contribution in [1.29, 1.82) is 0 Å². The van der Waals surface area contributed by atoms with Crippen LogP contribution in [0.2, 0.25) is 0 Å². The third-order valence-corrected chi connectivity index (χ3v) is 6.55. The van der Waals surface area contributed by atoms with Gasteiger partial charge in [0, 0.05) is 18.7 Å². The van der Waals surface area contributed by atoms with Gasteiger partial charge < -0.3 is 10.1 Å². The Morgan fingerprint density at radius 1 is 1.08 bits per heavy atom. The number of fused-ring (bicyclic) bond motifs is 1. The molecule has 1 amide bonds. The van der Waals surface area contributed by atoms with E-state index in [2.05, 4.69) is 22.3 Å². The Hall–Kier alpha value is -1.55. The van der Waals surface area contributed by atoms with Gasteiger partial charge in [0.05, 0.1) is 12.5 Å². The van der Waals surface area contributed by atoms with Crippen molar-refractivity contribution in [3.63, 3.8) is 0 Å². The number of ether oxygens (including phenoxy) is 1. The van der Waals surface area contributed by atoms with Crippen LogP contribution < -0.4 is 10.1 Å². The minimum absolute atomic E-state index is 0.0886. The molecule has 0 saturated carbocycles. The standard InChI is InChI=1S/C21H30N2O2/c1-25-19-14-17-6-3-2-5-16(17)13-18(19)15-23-11-8-21(9-12-23)7-4-10-22-20(21)24/h13-14H,2-12,15H2,1H3,(H,22,24). The van der Waals surface area contributed by atoms with Gasteiger partial charge in [0.25, 0.3) is 0 Å². The monoisotopic (exact) mass is 342 g/mol. The number of carbonyl (C=O) groups is 1. The largest absolute Gasteiger partial charge is 0.496 e. The van der Waals surface area contributed by atoms with E-state index in [0.29, 0.717) is 5.91 Å². The zero-order chi connectivity index (χ0) is 17.3. The molecule has 25 heavy (non-hydrogen) atoms. The van der Waals surface area contributed by atoms with Crippen LogP contribution in [0.15, 0.2) is 12.1 Å². The molecule has 136 valence electrons. The third-order valence-electron chi connectivity index (χ3n) is 6.55. The molecule has 0 radical (unpaired) electrons. The molecular weight excluding hydrogens is 312 g/mol. The predicted octanol–water partition coefficient (Wildman–Crippen LogP) is 3.07. The van der Waals surface area contributed by atoms with Gasteiger partial charge in [-0.1, -0.05) is 6.07 Å². The number of nitrogens with one attached hydrogen (secondary N) is 1. The number of benzene rings is 1. The fraction of sp³-hybridized carbons (Fsp3) is 0.667. The fourth-order valence-corrected chi connectivity index (χ4v) is 4.91. The van der Waals surface area contributed by atoms with E-state index in [9.17, 15) is 4.79 Å². The number of nitrogens with zero attached hydrogens (tertiary/aromatic N) is 1. The van der Waals surface area contributed by atoms with Crippen LogP contribution in [-0.2, 0) is 24.2 Å². The summed E-state index contributed by atoms with van der Waals surface area (Å²) >= 11 is 0. The van der Waals surface area contributed by atoms with E-state index in [1.54, 1.807) is 7.11 Å². The number of hydrogen-bond acceptors (Lipinski definition) is 3. The summed E-state index contributed by atoms with van der Waals surface area (Å²) in [4.78, 5) is 14.8. The Balaban J connectivity index is 1.45. The van der Waals surface area contributed by atoms with Crippen LogP contribution in [0.4, 0.5) is 0 Å². The van der Waals surface area contributed by atoms with Crippen molar-refractivity contribution >= 4 is 5.91 Å². The maximum atomic E-state index is 12.3. The van der Waals surface area contributed by atoms with Gasteiger partial charge in [-0.3, -0.25) is 9.69 Å². The Labute approximate surface area is 150 Å². The van der Waals surface area contributed by atoms with Gasteiger partial charge in [-0.15, -0.1) is 0 Å². The second-order valence-corrected chi connectivity index (χ2v) is 8.06. The Kier molecular flexibility index (Phi) is 4.72. The first-order valence-electron chi connectivity index (χ1n) is 9.89. The van der Waals surface area contributed by atoms with Gasteiger partial charge in [0.2, 0.25) is 5.91 Å². The lowest BCUT2D eigenvalue weighted by atomic mass is 9.72. The second kappa shape index (κ2) is 6.99. The lowest BCUT2D eigenvalue weighted by Crippen LogP contribution is -2.51. The molecule has 1 aromatic rings. The van der Waals surface area contributed by atoms with Crippen molar-refractivity contribution in [3.05, 3.63) is 28.8 Å². The first-order chi connectivity index (χ1) is 12.2. The number of methoxy groups -OCH3 is 1. The summed E-state index contributed by atoms with van der Waals surface area (Å²) in [6.45, 7) is 3.81.